The summed E-state index contributed by atoms with van der Waals surface area (Å²) in [6, 6.07) is 11.9. The van der Waals surface area contributed by atoms with E-state index in [1.165, 1.54) is 0 Å². The van der Waals surface area contributed by atoms with Gasteiger partial charge < -0.3 is 14.6 Å². The summed E-state index contributed by atoms with van der Waals surface area (Å²) in [4.78, 5) is 30.9. The van der Waals surface area contributed by atoms with Gasteiger partial charge in [-0.25, -0.2) is 15.0 Å². The van der Waals surface area contributed by atoms with Gasteiger partial charge in [0.2, 0.25) is 5.91 Å². The third-order valence-electron chi connectivity index (χ3n) is 6.82. The number of nitrogens with one attached hydrogen (secondary N) is 1. The second-order valence-corrected chi connectivity index (χ2v) is 9.29. The number of fused-ring (bicyclic) bond motifs is 1. The standard InChI is InChI=1S/C28H33N7O2/c1-3-27-30-7-6-25(31-27)22-16-21-4-5-23(37-2)18-24(21)26(17-22)32-28(36)19-34-13-10-33(11-14-34)12-15-35-9-8-29-20-35/h4-9,16-18,20H,3,10-15,19H2,1-2H3,(H,32,36). The first-order valence-corrected chi connectivity index (χ1v) is 12.8. The highest BCUT2D eigenvalue weighted by Crippen LogP contribution is 2.33. The lowest BCUT2D eigenvalue weighted by Crippen LogP contribution is -2.49. The van der Waals surface area contributed by atoms with Crippen LogP contribution in [0.1, 0.15) is 12.7 Å². The molecule has 2 aromatic carbocycles. The molecule has 0 atom stereocenters. The fourth-order valence-corrected chi connectivity index (χ4v) is 4.69. The van der Waals surface area contributed by atoms with E-state index in [1.807, 2.05) is 56.0 Å². The van der Waals surface area contributed by atoms with Gasteiger partial charge in [-0.2, -0.15) is 0 Å². The largest absolute Gasteiger partial charge is 0.497 e. The number of hydrogen-bond acceptors (Lipinski definition) is 7. The van der Waals surface area contributed by atoms with Crippen LogP contribution in [0.2, 0.25) is 0 Å². The predicted molar refractivity (Wildman–Crippen MR) is 145 cm³/mol. The molecule has 1 aliphatic heterocycles. The van der Waals surface area contributed by atoms with Crippen LogP contribution >= 0.6 is 0 Å². The van der Waals surface area contributed by atoms with Gasteiger partial charge >= 0.3 is 0 Å². The Morgan fingerprint density at radius 2 is 1.86 bits per heavy atom. The number of anilines is 1. The van der Waals surface area contributed by atoms with Gasteiger partial charge in [0, 0.05) is 80.9 Å². The van der Waals surface area contributed by atoms with Crippen molar-refractivity contribution in [2.75, 3.05) is 51.7 Å². The summed E-state index contributed by atoms with van der Waals surface area (Å²) in [5.74, 6) is 1.52. The number of ether oxygens (including phenoxy) is 1. The van der Waals surface area contributed by atoms with Crippen molar-refractivity contribution in [3.63, 3.8) is 0 Å². The summed E-state index contributed by atoms with van der Waals surface area (Å²) >= 11 is 0. The second kappa shape index (κ2) is 11.5. The first kappa shape index (κ1) is 24.9. The van der Waals surface area contributed by atoms with Crippen LogP contribution in [0.3, 0.4) is 0 Å². The number of piperazine rings is 1. The summed E-state index contributed by atoms with van der Waals surface area (Å²) in [6.45, 7) is 7.95. The molecule has 0 saturated carbocycles. The Bertz CT molecular complexity index is 1350. The zero-order chi connectivity index (χ0) is 25.6. The Morgan fingerprint density at radius 3 is 2.62 bits per heavy atom. The molecule has 5 rings (SSSR count). The van der Waals surface area contributed by atoms with Crippen LogP contribution < -0.4 is 10.1 Å². The number of benzene rings is 2. The quantitative estimate of drug-likeness (QED) is 0.378. The molecule has 1 aliphatic rings. The van der Waals surface area contributed by atoms with Crippen molar-refractivity contribution in [3.05, 3.63) is 67.1 Å². The van der Waals surface area contributed by atoms with Crippen LogP contribution in [-0.4, -0.2) is 81.6 Å². The van der Waals surface area contributed by atoms with E-state index in [1.54, 1.807) is 13.3 Å². The monoisotopic (exact) mass is 499 g/mol. The van der Waals surface area contributed by atoms with E-state index < -0.39 is 0 Å². The van der Waals surface area contributed by atoms with Gasteiger partial charge in [0.05, 0.1) is 25.7 Å². The van der Waals surface area contributed by atoms with Crippen molar-refractivity contribution in [1.82, 2.24) is 29.3 Å². The fourth-order valence-electron chi connectivity index (χ4n) is 4.69. The molecule has 1 amide bonds. The molecular formula is C28H33N7O2. The van der Waals surface area contributed by atoms with Crippen molar-refractivity contribution < 1.29 is 9.53 Å². The van der Waals surface area contributed by atoms with Gasteiger partial charge in [-0.05, 0) is 35.7 Å². The summed E-state index contributed by atoms with van der Waals surface area (Å²) < 4.78 is 7.55. The number of aryl methyl sites for hydroxylation is 1. The van der Waals surface area contributed by atoms with Crippen molar-refractivity contribution in [1.29, 1.82) is 0 Å². The summed E-state index contributed by atoms with van der Waals surface area (Å²) in [6.07, 6.45) is 8.19. The van der Waals surface area contributed by atoms with Crippen LogP contribution in [0, 0.1) is 0 Å². The normalized spacial score (nSPS) is 14.6. The average Bonchev–Trinajstić information content (AvgIpc) is 3.46. The molecule has 2 aromatic heterocycles. The maximum Gasteiger partial charge on any atom is 0.238 e. The number of nitrogens with zero attached hydrogens (tertiary/aromatic N) is 6. The smallest absolute Gasteiger partial charge is 0.238 e. The number of methoxy groups -OCH3 is 1. The predicted octanol–water partition coefficient (Wildman–Crippen LogP) is 3.32. The van der Waals surface area contributed by atoms with Gasteiger partial charge in [-0.15, -0.1) is 0 Å². The third kappa shape index (κ3) is 6.12. The molecule has 3 heterocycles. The molecule has 0 aliphatic carbocycles. The molecule has 0 bridgehead atoms. The van der Waals surface area contributed by atoms with Crippen molar-refractivity contribution >= 4 is 22.4 Å². The van der Waals surface area contributed by atoms with Crippen LogP contribution in [0.15, 0.2) is 61.3 Å². The van der Waals surface area contributed by atoms with Gasteiger partial charge in [-0.1, -0.05) is 13.0 Å². The number of rotatable bonds is 9. The minimum absolute atomic E-state index is 0.0231. The molecular weight excluding hydrogens is 466 g/mol. The average molecular weight is 500 g/mol. The Balaban J connectivity index is 1.28. The highest BCUT2D eigenvalue weighted by Gasteiger charge is 2.19. The highest BCUT2D eigenvalue weighted by molar-refractivity contribution is 6.05. The minimum Gasteiger partial charge on any atom is -0.497 e. The molecule has 4 aromatic rings. The van der Waals surface area contributed by atoms with E-state index in [-0.39, 0.29) is 5.91 Å². The van der Waals surface area contributed by atoms with Crippen LogP contribution in [0.4, 0.5) is 5.69 Å². The summed E-state index contributed by atoms with van der Waals surface area (Å²) in [5.41, 5.74) is 2.54. The van der Waals surface area contributed by atoms with E-state index >= 15 is 0 Å². The maximum absolute atomic E-state index is 13.2. The van der Waals surface area contributed by atoms with Gasteiger partial charge in [-0.3, -0.25) is 14.6 Å². The Kier molecular flexibility index (Phi) is 7.72. The fraction of sp³-hybridized carbons (Fsp3) is 0.357. The minimum atomic E-state index is -0.0231. The molecule has 1 N–H and O–H groups in total. The molecule has 1 saturated heterocycles. The molecule has 9 heteroatoms. The molecule has 0 spiro atoms. The number of carbonyl (C=O) groups excluding carboxylic acids is 1. The first-order valence-electron chi connectivity index (χ1n) is 12.8. The second-order valence-electron chi connectivity index (χ2n) is 9.29. The van der Waals surface area contributed by atoms with E-state index in [0.717, 1.165) is 85.0 Å². The van der Waals surface area contributed by atoms with Crippen LogP contribution in [-0.2, 0) is 17.8 Å². The van der Waals surface area contributed by atoms with Gasteiger partial charge in [0.15, 0.2) is 0 Å². The Labute approximate surface area is 217 Å². The van der Waals surface area contributed by atoms with Crippen molar-refractivity contribution in [3.8, 4) is 17.0 Å². The summed E-state index contributed by atoms with van der Waals surface area (Å²) in [5, 5.41) is 5.12. The highest BCUT2D eigenvalue weighted by atomic mass is 16.5. The summed E-state index contributed by atoms with van der Waals surface area (Å²) in [7, 11) is 1.65. The lowest BCUT2D eigenvalue weighted by Gasteiger charge is -2.34. The first-order chi connectivity index (χ1) is 18.1. The lowest BCUT2D eigenvalue weighted by atomic mass is 10.0. The Hall–Kier alpha value is -3.82. The van der Waals surface area contributed by atoms with Crippen LogP contribution in [0.25, 0.3) is 22.0 Å². The number of carbonyl (C=O) groups is 1. The lowest BCUT2D eigenvalue weighted by molar-refractivity contribution is -0.117. The maximum atomic E-state index is 13.2. The number of aromatic nitrogens is 4. The zero-order valence-corrected chi connectivity index (χ0v) is 21.4. The van der Waals surface area contributed by atoms with E-state index in [0.29, 0.717) is 6.54 Å². The van der Waals surface area contributed by atoms with Crippen molar-refractivity contribution in [2.24, 2.45) is 0 Å². The van der Waals surface area contributed by atoms with Gasteiger partial charge in [0.25, 0.3) is 0 Å². The molecule has 0 unspecified atom stereocenters. The number of amides is 1. The van der Waals surface area contributed by atoms with Gasteiger partial charge in [0.1, 0.15) is 11.6 Å². The Morgan fingerprint density at radius 1 is 1.03 bits per heavy atom. The number of hydrogen-bond donors (Lipinski definition) is 1. The van der Waals surface area contributed by atoms with E-state index in [9.17, 15) is 4.79 Å². The molecule has 0 radical (unpaired) electrons. The van der Waals surface area contributed by atoms with Crippen molar-refractivity contribution in [2.45, 2.75) is 19.9 Å². The molecule has 1 fully saturated rings. The zero-order valence-electron chi connectivity index (χ0n) is 21.4. The van der Waals surface area contributed by atoms with E-state index in [4.69, 9.17) is 4.74 Å². The third-order valence-corrected chi connectivity index (χ3v) is 6.82. The molecule has 9 nitrogen and oxygen atoms in total. The SMILES string of the molecule is CCc1nccc(-c2cc(NC(=O)CN3CCN(CCn4ccnc4)CC3)c3cc(OC)ccc3c2)n1. The molecule has 192 valence electrons. The number of imidazole rings is 1. The van der Waals surface area contributed by atoms with Crippen LogP contribution in [0.5, 0.6) is 5.75 Å². The van der Waals surface area contributed by atoms with E-state index in [2.05, 4.69) is 40.7 Å². The topological polar surface area (TPSA) is 88.4 Å². The molecule has 37 heavy (non-hydrogen) atoms.